The van der Waals surface area contributed by atoms with Gasteiger partial charge < -0.3 is 4.90 Å². The Morgan fingerprint density at radius 2 is 1.23 bits per heavy atom. The number of benzene rings is 6. The first-order valence-electron chi connectivity index (χ1n) is 22.0. The molecule has 0 radical (unpaired) electrons. The number of anilines is 5. The molecule has 0 spiro atoms. The fourth-order valence-electron chi connectivity index (χ4n) is 9.15. The lowest BCUT2D eigenvalue weighted by Crippen LogP contribution is -2.18. The van der Waals surface area contributed by atoms with Gasteiger partial charge in [-0.25, -0.2) is 0 Å². The van der Waals surface area contributed by atoms with Crippen LogP contribution < -0.4 is 9.80 Å². The molecule has 322 valence electrons. The third-order valence-corrected chi connectivity index (χ3v) is 13.3. The number of nitro benzene ring substituents is 1. The second kappa shape index (κ2) is 19.0. The highest BCUT2D eigenvalue weighted by atomic mass is 32.1. The van der Waals surface area contributed by atoms with E-state index in [-0.39, 0.29) is 10.6 Å². The molecule has 1 aliphatic carbocycles. The molecule has 8 rings (SSSR count). The number of nitro groups is 1. The third-order valence-electron chi connectivity index (χ3n) is 12.2. The summed E-state index contributed by atoms with van der Waals surface area (Å²) in [5, 5.41) is 24.8. The number of rotatable bonds is 12. The van der Waals surface area contributed by atoms with Gasteiger partial charge in [-0.1, -0.05) is 109 Å². The maximum Gasteiger partial charge on any atom is 0.293 e. The first-order valence-corrected chi connectivity index (χ1v) is 22.8. The lowest BCUT2D eigenvalue weighted by Gasteiger charge is -2.27. The van der Waals surface area contributed by atoms with E-state index in [2.05, 4.69) is 142 Å². The zero-order valence-corrected chi connectivity index (χ0v) is 38.8. The number of allylic oxidation sites excluding steroid dienone is 5. The Hall–Kier alpha value is -7.60. The van der Waals surface area contributed by atoms with Crippen LogP contribution >= 0.6 is 11.3 Å². The van der Waals surface area contributed by atoms with Crippen molar-refractivity contribution in [2.75, 3.05) is 22.9 Å². The normalized spacial score (nSPS) is 12.0. The molecule has 0 saturated heterocycles. The van der Waals surface area contributed by atoms with Gasteiger partial charge >= 0.3 is 0 Å². The van der Waals surface area contributed by atoms with Crippen molar-refractivity contribution in [3.05, 3.63) is 223 Å². The lowest BCUT2D eigenvalue weighted by atomic mass is 9.90. The molecule has 1 heterocycles. The van der Waals surface area contributed by atoms with Crippen molar-refractivity contribution in [2.24, 2.45) is 0 Å². The highest BCUT2D eigenvalue weighted by Gasteiger charge is 2.32. The van der Waals surface area contributed by atoms with Crippen molar-refractivity contribution in [1.82, 2.24) is 0 Å². The minimum atomic E-state index is -0.351. The monoisotopic (exact) mass is 870 g/mol. The van der Waals surface area contributed by atoms with Gasteiger partial charge in [-0.2, -0.15) is 9.84 Å². The van der Waals surface area contributed by atoms with Crippen LogP contribution in [0.15, 0.2) is 169 Å². The van der Waals surface area contributed by atoms with Crippen molar-refractivity contribution in [3.63, 3.8) is 0 Å². The van der Waals surface area contributed by atoms with Gasteiger partial charge in [0.2, 0.25) is 11.4 Å². The van der Waals surface area contributed by atoms with Crippen LogP contribution in [0, 0.1) is 56.1 Å². The summed E-state index contributed by atoms with van der Waals surface area (Å²) in [7, 11) is 0. The average Bonchev–Trinajstić information content (AvgIpc) is 3.69. The second-order valence-corrected chi connectivity index (χ2v) is 17.3. The van der Waals surface area contributed by atoms with Gasteiger partial charge in [0.15, 0.2) is 0 Å². The molecule has 7 aromatic rings. The van der Waals surface area contributed by atoms with Gasteiger partial charge in [-0.15, -0.1) is 11.3 Å². The Morgan fingerprint density at radius 1 is 0.662 bits per heavy atom. The van der Waals surface area contributed by atoms with Gasteiger partial charge in [0, 0.05) is 63.3 Å². The molecular weight excluding hydrogens is 819 g/mol. The summed E-state index contributed by atoms with van der Waals surface area (Å²) in [5.41, 5.74) is 16.4. The molecule has 0 bridgehead atoms. The SMILES string of the molecule is CCN(c1ccc(C(=C2C=CC(=[N+](CC)c3c(C)cccc3C)C=C2)c2sc(N(c3ccccc3C)c3ccccc3[N+](=O)[O-])c(C#N)c2-c2ccccc2)cc1)c1c(C)cccc1C. The van der Waals surface area contributed by atoms with Crippen molar-refractivity contribution in [3.8, 4) is 17.2 Å². The van der Waals surface area contributed by atoms with Gasteiger partial charge in [0.05, 0.1) is 16.2 Å². The Balaban J connectivity index is 1.43. The third kappa shape index (κ3) is 8.47. The molecule has 65 heavy (non-hydrogen) atoms. The molecule has 0 unspecified atom stereocenters. The molecular formula is C57H52N5O2S+. The van der Waals surface area contributed by atoms with E-state index in [1.54, 1.807) is 12.1 Å². The summed E-state index contributed by atoms with van der Waals surface area (Å²) in [6, 6.07) is 48.8. The number of hydrogen-bond acceptors (Lipinski definition) is 6. The Kier molecular flexibility index (Phi) is 12.9. The number of para-hydroxylation sites is 5. The standard InChI is InChI=1S/C57H52N5O2S/c1-8-59(54-39(4)20-17-21-40(54)5)46-33-29-44(30-34-46)52(45-31-35-47(36-32-45)60(9-2)55-41(6)22-18-23-42(55)7)56-53(43-24-11-10-12-25-43)48(37-58)57(65-56)61(49-26-14-13-19-38(49)3)50-27-15-16-28-51(50)62(63)64/h10-36H,8-9H2,1-7H3/q+1. The van der Waals surface area contributed by atoms with E-state index in [1.807, 2.05) is 72.5 Å². The minimum Gasteiger partial charge on any atom is -0.341 e. The maximum absolute atomic E-state index is 12.8. The van der Waals surface area contributed by atoms with Crippen LogP contribution in [-0.2, 0) is 0 Å². The quantitative estimate of drug-likeness (QED) is 0.0694. The summed E-state index contributed by atoms with van der Waals surface area (Å²) in [6.45, 7) is 16.6. The summed E-state index contributed by atoms with van der Waals surface area (Å²) in [5.74, 6) is 0. The number of thiophene rings is 1. The molecule has 0 atom stereocenters. The smallest absolute Gasteiger partial charge is 0.293 e. The van der Waals surface area contributed by atoms with Crippen LogP contribution in [0.3, 0.4) is 0 Å². The molecule has 1 aliphatic rings. The Labute approximate surface area is 386 Å². The van der Waals surface area contributed by atoms with Gasteiger partial charge in [-0.3, -0.25) is 15.0 Å². The van der Waals surface area contributed by atoms with Crippen LogP contribution in [0.2, 0.25) is 0 Å². The number of aryl methyl sites for hydroxylation is 5. The van der Waals surface area contributed by atoms with Crippen molar-refractivity contribution >= 4 is 61.7 Å². The van der Waals surface area contributed by atoms with Crippen LogP contribution in [0.5, 0.6) is 0 Å². The fraction of sp³-hybridized carbons (Fsp3) is 0.158. The summed E-state index contributed by atoms with van der Waals surface area (Å²) in [4.78, 5) is 17.5. The molecule has 6 aromatic carbocycles. The highest BCUT2D eigenvalue weighted by molar-refractivity contribution is 7.18. The maximum atomic E-state index is 12.8. The van der Waals surface area contributed by atoms with E-state index in [0.29, 0.717) is 16.3 Å². The molecule has 0 N–H and O–H groups in total. The van der Waals surface area contributed by atoms with E-state index in [1.165, 1.54) is 51.0 Å². The van der Waals surface area contributed by atoms with E-state index in [0.717, 1.165) is 68.5 Å². The molecule has 8 heteroatoms. The highest BCUT2D eigenvalue weighted by Crippen LogP contribution is 2.53. The number of nitriles is 1. The van der Waals surface area contributed by atoms with Crippen molar-refractivity contribution in [1.29, 1.82) is 5.26 Å². The predicted octanol–water partition coefficient (Wildman–Crippen LogP) is 15.1. The number of hydrogen-bond donors (Lipinski definition) is 0. The van der Waals surface area contributed by atoms with Crippen LogP contribution in [0.25, 0.3) is 16.7 Å². The van der Waals surface area contributed by atoms with Gasteiger partial charge in [0.25, 0.3) is 5.69 Å². The molecule has 0 amide bonds. The van der Waals surface area contributed by atoms with Crippen LogP contribution in [0.4, 0.5) is 39.1 Å². The lowest BCUT2D eigenvalue weighted by molar-refractivity contribution is -0.435. The zero-order chi connectivity index (χ0) is 45.8. The fourth-order valence-corrected chi connectivity index (χ4v) is 10.5. The molecule has 1 aromatic heterocycles. The van der Waals surface area contributed by atoms with E-state index >= 15 is 0 Å². The van der Waals surface area contributed by atoms with Crippen LogP contribution in [0.1, 0.15) is 57.7 Å². The summed E-state index contributed by atoms with van der Waals surface area (Å²) in [6.07, 6.45) is 8.75. The molecule has 7 nitrogen and oxygen atoms in total. The number of nitrogens with zero attached hydrogens (tertiary/aromatic N) is 5. The second-order valence-electron chi connectivity index (χ2n) is 16.3. The summed E-state index contributed by atoms with van der Waals surface area (Å²) < 4.78 is 2.36. The zero-order valence-electron chi connectivity index (χ0n) is 38.0. The minimum absolute atomic E-state index is 0.0556. The molecule has 0 aliphatic heterocycles. The first-order chi connectivity index (χ1) is 31.6. The van der Waals surface area contributed by atoms with E-state index in [4.69, 9.17) is 0 Å². The Morgan fingerprint density at radius 3 is 1.82 bits per heavy atom. The van der Waals surface area contributed by atoms with Crippen molar-refractivity contribution in [2.45, 2.75) is 48.5 Å². The van der Waals surface area contributed by atoms with Crippen molar-refractivity contribution < 1.29 is 9.50 Å². The topological polar surface area (TPSA) is 76.4 Å². The van der Waals surface area contributed by atoms with Gasteiger partial charge in [0.1, 0.15) is 23.3 Å². The predicted molar refractivity (Wildman–Crippen MR) is 271 cm³/mol. The van der Waals surface area contributed by atoms with E-state index in [9.17, 15) is 15.4 Å². The van der Waals surface area contributed by atoms with E-state index < -0.39 is 0 Å². The summed E-state index contributed by atoms with van der Waals surface area (Å²) >= 11 is 1.48. The Bertz CT molecular complexity index is 3050. The first kappa shape index (κ1) is 44.0. The molecule has 0 fully saturated rings. The van der Waals surface area contributed by atoms with Crippen LogP contribution in [-0.4, -0.2) is 28.3 Å². The largest absolute Gasteiger partial charge is 0.341 e. The molecule has 0 saturated carbocycles. The van der Waals surface area contributed by atoms with Gasteiger partial charge in [-0.05, 0) is 118 Å². The average molecular weight is 871 g/mol.